The molecule has 2 heterocycles. The van der Waals surface area contributed by atoms with Crippen molar-refractivity contribution >= 4 is 12.2 Å². The van der Waals surface area contributed by atoms with Crippen LogP contribution in [0.2, 0.25) is 0 Å². The minimum Gasteiger partial charge on any atom is -0.477 e. The predicted molar refractivity (Wildman–Crippen MR) is 71.8 cm³/mol. The van der Waals surface area contributed by atoms with Gasteiger partial charge in [-0.3, -0.25) is 0 Å². The van der Waals surface area contributed by atoms with Gasteiger partial charge in [-0.05, 0) is 39.0 Å². The van der Waals surface area contributed by atoms with E-state index in [9.17, 15) is 4.79 Å². The van der Waals surface area contributed by atoms with Gasteiger partial charge in [-0.25, -0.2) is 0 Å². The van der Waals surface area contributed by atoms with Gasteiger partial charge in [0.1, 0.15) is 0 Å². The number of nitrogens with zero attached hydrogens (tertiary/aromatic N) is 2. The summed E-state index contributed by atoms with van der Waals surface area (Å²) in [6.45, 7) is 6.60. The van der Waals surface area contributed by atoms with Crippen molar-refractivity contribution in [3.8, 4) is 0 Å². The predicted octanol–water partition coefficient (Wildman–Crippen LogP) is 1.98. The van der Waals surface area contributed by atoms with Crippen molar-refractivity contribution in [1.29, 1.82) is 0 Å². The second-order valence-corrected chi connectivity index (χ2v) is 4.86. The van der Waals surface area contributed by atoms with E-state index in [-0.39, 0.29) is 32.7 Å². The number of piperidine rings is 1. The molecule has 0 atom stereocenters. The molecule has 1 N–H and O–H groups in total. The Balaban J connectivity index is 0.00000180. The Morgan fingerprint density at radius 3 is 2.68 bits per heavy atom. The number of aromatic nitrogens is 1. The first-order valence-electron chi connectivity index (χ1n) is 6.39. The van der Waals surface area contributed by atoms with Crippen LogP contribution in [0.15, 0.2) is 18.3 Å². The van der Waals surface area contributed by atoms with Crippen molar-refractivity contribution in [1.82, 2.24) is 9.88 Å². The van der Waals surface area contributed by atoms with Crippen LogP contribution in [-0.4, -0.2) is 35.4 Å². The topological polar surface area (TPSA) is 45.2 Å². The first-order valence-corrected chi connectivity index (χ1v) is 6.39. The summed E-state index contributed by atoms with van der Waals surface area (Å²) in [5, 5.41) is 2.56. The molecule has 1 aliphatic rings. The molecule has 1 fully saturated rings. The van der Waals surface area contributed by atoms with Gasteiger partial charge in [0.15, 0.2) is 0 Å². The van der Waals surface area contributed by atoms with Crippen LogP contribution in [0.4, 0.5) is 5.82 Å². The third-order valence-corrected chi connectivity index (χ3v) is 3.49. The Kier molecular flexibility index (Phi) is 6.97. The molecule has 0 bridgehead atoms. The van der Waals surface area contributed by atoms with Gasteiger partial charge in [0.2, 0.25) is 0 Å². The average Bonchev–Trinajstić information content (AvgIpc) is 2.40. The van der Waals surface area contributed by atoms with Crippen LogP contribution < -0.4 is 5.32 Å². The fourth-order valence-corrected chi connectivity index (χ4v) is 2.42. The van der Waals surface area contributed by atoms with Crippen molar-refractivity contribution in [2.75, 3.05) is 18.4 Å². The van der Waals surface area contributed by atoms with Crippen LogP contribution in [0.25, 0.3) is 0 Å². The van der Waals surface area contributed by atoms with Gasteiger partial charge in [0.05, 0.1) is 6.41 Å². The Bertz CT molecular complexity index is 403. The maximum absolute atomic E-state index is 10.5. The van der Waals surface area contributed by atoms with Gasteiger partial charge in [0.25, 0.3) is 0 Å². The van der Waals surface area contributed by atoms with Crippen molar-refractivity contribution < 1.29 is 37.5 Å². The van der Waals surface area contributed by atoms with Crippen LogP contribution in [-0.2, 0) is 37.5 Å². The third kappa shape index (κ3) is 4.27. The minimum absolute atomic E-state index is 0. The van der Waals surface area contributed by atoms with E-state index in [0.717, 1.165) is 31.5 Å². The summed E-state index contributed by atoms with van der Waals surface area (Å²) in [6.07, 6.45) is 5.47. The van der Waals surface area contributed by atoms with Gasteiger partial charge >= 0.3 is 0 Å². The number of anilines is 1. The molecule has 1 amide bonds. The van der Waals surface area contributed by atoms with E-state index in [1.54, 1.807) is 12.6 Å². The molecule has 0 aromatic carbocycles. The Morgan fingerprint density at radius 1 is 1.42 bits per heavy atom. The van der Waals surface area contributed by atoms with Crippen LogP contribution >= 0.6 is 0 Å². The Hall–Kier alpha value is -0.446. The molecule has 0 unspecified atom stereocenters. The first-order chi connectivity index (χ1) is 8.72. The van der Waals surface area contributed by atoms with E-state index in [2.05, 4.69) is 29.0 Å². The SMILES string of the molecule is CC(C)N1CC[C-](c2cccnc2N[C-]=O)CC1.[Y]. The van der Waals surface area contributed by atoms with Crippen molar-refractivity contribution in [2.45, 2.75) is 32.7 Å². The number of hydrogen-bond donors (Lipinski definition) is 1. The summed E-state index contributed by atoms with van der Waals surface area (Å²) in [4.78, 5) is 17.1. The van der Waals surface area contributed by atoms with Crippen LogP contribution in [0.5, 0.6) is 0 Å². The average molecular weight is 334 g/mol. The van der Waals surface area contributed by atoms with E-state index in [1.165, 1.54) is 5.92 Å². The van der Waals surface area contributed by atoms with E-state index in [4.69, 9.17) is 0 Å². The largest absolute Gasteiger partial charge is 0.477 e. The number of carbonyl (C=O) groups excluding carboxylic acids is 1. The van der Waals surface area contributed by atoms with Gasteiger partial charge in [0, 0.05) is 38.8 Å². The number of pyridine rings is 1. The monoisotopic (exact) mass is 334 g/mol. The molecular formula is C14H19N3OY-2. The molecule has 1 radical (unpaired) electrons. The molecule has 0 saturated carbocycles. The van der Waals surface area contributed by atoms with Crippen LogP contribution in [0, 0.1) is 5.92 Å². The maximum atomic E-state index is 10.5. The van der Waals surface area contributed by atoms with Gasteiger partial charge in [-0.1, -0.05) is 12.8 Å². The number of nitrogens with one attached hydrogen (secondary N) is 1. The molecule has 19 heavy (non-hydrogen) atoms. The molecular weight excluding hydrogens is 315 g/mol. The van der Waals surface area contributed by atoms with Gasteiger partial charge < -0.3 is 20.0 Å². The minimum atomic E-state index is 0. The van der Waals surface area contributed by atoms with Crippen LogP contribution in [0.3, 0.4) is 0 Å². The number of amides is 1. The second-order valence-electron chi connectivity index (χ2n) is 4.86. The first kappa shape index (κ1) is 16.6. The summed E-state index contributed by atoms with van der Waals surface area (Å²) in [7, 11) is 0. The fraction of sp³-hybridized carbons (Fsp3) is 0.500. The second kappa shape index (κ2) is 7.98. The van der Waals surface area contributed by atoms with E-state index < -0.39 is 0 Å². The smallest absolute Gasteiger partial charge is 0.0703 e. The zero-order valence-electron chi connectivity index (χ0n) is 11.5. The molecule has 1 aromatic rings. The molecule has 1 saturated heterocycles. The van der Waals surface area contributed by atoms with Crippen molar-refractivity contribution in [3.05, 3.63) is 29.8 Å². The summed E-state index contributed by atoms with van der Waals surface area (Å²) in [6, 6.07) is 4.53. The number of rotatable bonds is 4. The molecule has 1 aromatic heterocycles. The zero-order chi connectivity index (χ0) is 13.0. The van der Waals surface area contributed by atoms with E-state index in [1.807, 2.05) is 12.1 Å². The molecule has 2 rings (SSSR count). The summed E-state index contributed by atoms with van der Waals surface area (Å²) < 4.78 is 0. The van der Waals surface area contributed by atoms with Crippen LogP contribution in [0.1, 0.15) is 32.3 Å². The summed E-state index contributed by atoms with van der Waals surface area (Å²) in [5.74, 6) is 2.00. The third-order valence-electron chi connectivity index (χ3n) is 3.49. The van der Waals surface area contributed by atoms with Gasteiger partial charge in [-0.15, -0.1) is 6.07 Å². The fourth-order valence-electron chi connectivity index (χ4n) is 2.42. The zero-order valence-corrected chi connectivity index (χ0v) is 14.4. The quantitative estimate of drug-likeness (QED) is 0.677. The van der Waals surface area contributed by atoms with Gasteiger partial charge in [-0.2, -0.15) is 17.5 Å². The normalized spacial score (nSPS) is 16.1. The molecule has 1 aliphatic heterocycles. The van der Waals surface area contributed by atoms with Crippen molar-refractivity contribution in [3.63, 3.8) is 0 Å². The van der Waals surface area contributed by atoms with E-state index in [0.29, 0.717) is 11.9 Å². The van der Waals surface area contributed by atoms with Crippen molar-refractivity contribution in [2.24, 2.45) is 0 Å². The Labute approximate surface area is 140 Å². The molecule has 101 valence electrons. The van der Waals surface area contributed by atoms with E-state index >= 15 is 0 Å². The maximum Gasteiger partial charge on any atom is 0.0703 e. The summed E-state index contributed by atoms with van der Waals surface area (Å²) >= 11 is 0. The molecule has 0 aliphatic carbocycles. The standard InChI is InChI=1S/C14H19N3O.Y/c1-11(2)17-8-5-12(6-9-17)13-4-3-7-15-14(13)16-10-18;/h3-4,7,11H,5-6,8-9H2,1-2H3,(H,15,16,18);/q-2;. The molecule has 4 nitrogen and oxygen atoms in total. The molecule has 0 spiro atoms. The number of likely N-dealkylation sites (tertiary alicyclic amines) is 1. The summed E-state index contributed by atoms with van der Waals surface area (Å²) in [5.41, 5.74) is 1.06. The number of hydrogen-bond acceptors (Lipinski definition) is 3. The molecule has 5 heteroatoms. The Morgan fingerprint density at radius 2 is 2.11 bits per heavy atom.